The van der Waals surface area contributed by atoms with E-state index in [1.165, 1.54) is 83.7 Å². The topological polar surface area (TPSA) is 3.24 Å². The highest BCUT2D eigenvalue weighted by Crippen LogP contribution is 2.40. The first kappa shape index (κ1) is 22.7. The first-order valence-corrected chi connectivity index (χ1v) is 10.5. The normalized spacial score (nSPS) is 13.5. The van der Waals surface area contributed by atoms with Crippen LogP contribution >= 0.6 is 0 Å². The van der Waals surface area contributed by atoms with Gasteiger partial charge in [0.1, 0.15) is 0 Å². The van der Waals surface area contributed by atoms with E-state index in [2.05, 4.69) is 52.2 Å². The van der Waals surface area contributed by atoms with Crippen LogP contribution in [0, 0.1) is 5.41 Å². The zero-order valence-electron chi connectivity index (χ0n) is 17.0. The second-order valence-electron chi connectivity index (χ2n) is 7.23. The first-order valence-electron chi connectivity index (χ1n) is 10.5. The van der Waals surface area contributed by atoms with Crippen LogP contribution in [0.5, 0.6) is 0 Å². The van der Waals surface area contributed by atoms with Crippen molar-refractivity contribution >= 4 is 0 Å². The molecule has 1 atom stereocenters. The summed E-state index contributed by atoms with van der Waals surface area (Å²) in [4.78, 5) is 2.71. The molecule has 0 aromatic heterocycles. The Bertz CT molecular complexity index is 261. The third-order valence-corrected chi connectivity index (χ3v) is 5.59. The monoisotopic (exact) mass is 323 g/mol. The summed E-state index contributed by atoms with van der Waals surface area (Å²) >= 11 is 0. The average molecular weight is 324 g/mol. The summed E-state index contributed by atoms with van der Waals surface area (Å²) in [6.45, 7) is 18.2. The van der Waals surface area contributed by atoms with Crippen molar-refractivity contribution in [3.8, 4) is 0 Å². The minimum atomic E-state index is 0.318. The second-order valence-corrected chi connectivity index (χ2v) is 7.23. The van der Waals surface area contributed by atoms with Gasteiger partial charge in [-0.25, -0.2) is 0 Å². The van der Waals surface area contributed by atoms with Crippen molar-refractivity contribution in [2.75, 3.05) is 13.1 Å². The van der Waals surface area contributed by atoms with Gasteiger partial charge >= 0.3 is 0 Å². The molecule has 138 valence electrons. The first-order chi connectivity index (χ1) is 11.2. The lowest BCUT2D eigenvalue weighted by molar-refractivity contribution is 0.0792. The standard InChI is InChI=1S/C22H45N/c1-7-13-14-15-16-17-18-21(23(11-5)12-6)22(10-4,19-8-2)20-9-3/h10,21H,4,7-9,11-20H2,1-3,5-6H3. The van der Waals surface area contributed by atoms with Gasteiger partial charge in [-0.1, -0.05) is 92.1 Å². The molecule has 0 aromatic rings. The summed E-state index contributed by atoms with van der Waals surface area (Å²) in [5.74, 6) is 0. The highest BCUT2D eigenvalue weighted by atomic mass is 15.2. The molecular weight excluding hydrogens is 278 g/mol. The predicted molar refractivity (Wildman–Crippen MR) is 107 cm³/mol. The number of unbranched alkanes of at least 4 members (excludes halogenated alkanes) is 5. The van der Waals surface area contributed by atoms with Crippen molar-refractivity contribution in [3.05, 3.63) is 12.7 Å². The molecule has 0 heterocycles. The number of rotatable bonds is 16. The Balaban J connectivity index is 4.90. The van der Waals surface area contributed by atoms with Crippen molar-refractivity contribution < 1.29 is 0 Å². The molecule has 1 unspecified atom stereocenters. The summed E-state index contributed by atoms with van der Waals surface area (Å²) in [5, 5.41) is 0. The highest BCUT2D eigenvalue weighted by Gasteiger charge is 2.36. The molecule has 23 heavy (non-hydrogen) atoms. The molecule has 1 heteroatoms. The van der Waals surface area contributed by atoms with Gasteiger partial charge in [0.05, 0.1) is 0 Å². The van der Waals surface area contributed by atoms with Gasteiger partial charge in [0.25, 0.3) is 0 Å². The largest absolute Gasteiger partial charge is 0.300 e. The Labute approximate surface area is 147 Å². The smallest absolute Gasteiger partial charge is 0.0186 e. The summed E-state index contributed by atoms with van der Waals surface area (Å²) in [6.07, 6.45) is 17.2. The predicted octanol–water partition coefficient (Wildman–Crippen LogP) is 7.22. The van der Waals surface area contributed by atoms with E-state index >= 15 is 0 Å². The Morgan fingerprint density at radius 2 is 1.30 bits per heavy atom. The maximum absolute atomic E-state index is 4.28. The molecule has 0 radical (unpaired) electrons. The van der Waals surface area contributed by atoms with Gasteiger partial charge in [-0.05, 0) is 32.4 Å². The van der Waals surface area contributed by atoms with Crippen LogP contribution in [-0.2, 0) is 0 Å². The molecular formula is C22H45N. The third kappa shape index (κ3) is 7.88. The van der Waals surface area contributed by atoms with Crippen molar-refractivity contribution in [1.82, 2.24) is 4.90 Å². The molecule has 0 N–H and O–H groups in total. The summed E-state index contributed by atoms with van der Waals surface area (Å²) in [6, 6.07) is 0.682. The maximum atomic E-state index is 4.28. The Morgan fingerprint density at radius 3 is 1.74 bits per heavy atom. The van der Waals surface area contributed by atoms with Crippen LogP contribution < -0.4 is 0 Å². The third-order valence-electron chi connectivity index (χ3n) is 5.59. The molecule has 0 saturated carbocycles. The zero-order chi connectivity index (χ0) is 17.6. The van der Waals surface area contributed by atoms with E-state index in [1.807, 2.05) is 0 Å². The number of hydrogen-bond donors (Lipinski definition) is 0. The average Bonchev–Trinajstić information content (AvgIpc) is 2.57. The van der Waals surface area contributed by atoms with Gasteiger partial charge < -0.3 is 4.90 Å². The van der Waals surface area contributed by atoms with Gasteiger partial charge in [0.15, 0.2) is 0 Å². The Kier molecular flexibility index (Phi) is 13.9. The van der Waals surface area contributed by atoms with Crippen LogP contribution in [-0.4, -0.2) is 24.0 Å². The molecule has 1 nitrogen and oxygen atoms in total. The van der Waals surface area contributed by atoms with Crippen molar-refractivity contribution in [2.24, 2.45) is 5.41 Å². The van der Waals surface area contributed by atoms with Crippen molar-refractivity contribution in [1.29, 1.82) is 0 Å². The SMILES string of the molecule is C=CC(CCC)(CCC)C(CCCCCCCC)N(CC)CC. The molecule has 0 saturated heterocycles. The lowest BCUT2D eigenvalue weighted by Gasteiger charge is -2.45. The van der Waals surface area contributed by atoms with Gasteiger partial charge in [0.2, 0.25) is 0 Å². The molecule has 0 aliphatic heterocycles. The van der Waals surface area contributed by atoms with Gasteiger partial charge in [-0.3, -0.25) is 0 Å². The molecule has 0 bridgehead atoms. The van der Waals surface area contributed by atoms with E-state index in [9.17, 15) is 0 Å². The van der Waals surface area contributed by atoms with E-state index < -0.39 is 0 Å². The van der Waals surface area contributed by atoms with Crippen LogP contribution in [0.1, 0.15) is 105 Å². The lowest BCUT2D eigenvalue weighted by atomic mass is 9.70. The zero-order valence-corrected chi connectivity index (χ0v) is 17.0. The molecule has 0 aromatic carbocycles. The Hall–Kier alpha value is -0.300. The number of nitrogens with zero attached hydrogens (tertiary/aromatic N) is 1. The minimum absolute atomic E-state index is 0.318. The molecule has 0 aliphatic carbocycles. The van der Waals surface area contributed by atoms with Gasteiger partial charge in [-0.15, -0.1) is 6.58 Å². The van der Waals surface area contributed by atoms with Crippen molar-refractivity contribution in [2.45, 2.75) is 111 Å². The van der Waals surface area contributed by atoms with Crippen LogP contribution in [0.2, 0.25) is 0 Å². The summed E-state index contributed by atoms with van der Waals surface area (Å²) in [5.41, 5.74) is 0.318. The van der Waals surface area contributed by atoms with E-state index in [0.717, 1.165) is 0 Å². The summed E-state index contributed by atoms with van der Waals surface area (Å²) < 4.78 is 0. The quantitative estimate of drug-likeness (QED) is 0.214. The van der Waals surface area contributed by atoms with Gasteiger partial charge in [0, 0.05) is 11.5 Å². The molecule has 0 rings (SSSR count). The molecule has 0 fully saturated rings. The van der Waals surface area contributed by atoms with Crippen LogP contribution in [0.4, 0.5) is 0 Å². The van der Waals surface area contributed by atoms with E-state index in [4.69, 9.17) is 0 Å². The molecule has 0 amide bonds. The highest BCUT2D eigenvalue weighted by molar-refractivity contribution is 5.03. The van der Waals surface area contributed by atoms with Crippen LogP contribution in [0.3, 0.4) is 0 Å². The molecule has 0 aliphatic rings. The fourth-order valence-electron chi connectivity index (χ4n) is 4.35. The lowest BCUT2D eigenvalue weighted by Crippen LogP contribution is -2.47. The van der Waals surface area contributed by atoms with Crippen LogP contribution in [0.25, 0.3) is 0 Å². The van der Waals surface area contributed by atoms with Crippen molar-refractivity contribution in [3.63, 3.8) is 0 Å². The minimum Gasteiger partial charge on any atom is -0.300 e. The maximum Gasteiger partial charge on any atom is 0.0186 e. The van der Waals surface area contributed by atoms with E-state index in [-0.39, 0.29) is 0 Å². The van der Waals surface area contributed by atoms with E-state index in [0.29, 0.717) is 11.5 Å². The number of hydrogen-bond acceptors (Lipinski definition) is 1. The summed E-state index contributed by atoms with van der Waals surface area (Å²) in [7, 11) is 0. The Morgan fingerprint density at radius 1 is 0.783 bits per heavy atom. The molecule has 0 spiro atoms. The fraction of sp³-hybridized carbons (Fsp3) is 0.909. The fourth-order valence-corrected chi connectivity index (χ4v) is 4.35. The van der Waals surface area contributed by atoms with Crippen LogP contribution in [0.15, 0.2) is 12.7 Å². The second kappa shape index (κ2) is 14.1. The van der Waals surface area contributed by atoms with Gasteiger partial charge in [-0.2, -0.15) is 0 Å². The van der Waals surface area contributed by atoms with E-state index in [1.54, 1.807) is 0 Å².